The zero-order valence-electron chi connectivity index (χ0n) is 25.2. The molecule has 1 fully saturated rings. The van der Waals surface area contributed by atoms with Crippen molar-refractivity contribution in [2.45, 2.75) is 46.3 Å². The number of nitrogens with one attached hydrogen (secondary N) is 2. The number of hydrogen-bond donors (Lipinski definition) is 3. The second-order valence-electron chi connectivity index (χ2n) is 11.0. The molecule has 0 saturated carbocycles. The fourth-order valence-electron chi connectivity index (χ4n) is 4.59. The summed E-state index contributed by atoms with van der Waals surface area (Å²) < 4.78 is 0. The number of aromatic nitrogens is 1. The number of carbonyl (C=O) groups is 3. The van der Waals surface area contributed by atoms with Crippen molar-refractivity contribution in [1.29, 1.82) is 0 Å². The van der Waals surface area contributed by atoms with Gasteiger partial charge in [0.2, 0.25) is 0 Å². The molecule has 0 bridgehead atoms. The van der Waals surface area contributed by atoms with Crippen LogP contribution in [-0.4, -0.2) is 85.2 Å². The Morgan fingerprint density at radius 2 is 1.71 bits per heavy atom. The number of anilines is 2. The minimum atomic E-state index is -0.387. The summed E-state index contributed by atoms with van der Waals surface area (Å²) in [5.41, 5.74) is 10.2. The Bertz CT molecular complexity index is 1310. The summed E-state index contributed by atoms with van der Waals surface area (Å²) >= 11 is 0. The minimum absolute atomic E-state index is 0.00949. The molecule has 41 heavy (non-hydrogen) atoms. The quantitative estimate of drug-likeness (QED) is 0.444. The molecule has 220 valence electrons. The summed E-state index contributed by atoms with van der Waals surface area (Å²) in [5.74, 6) is 0.173. The molecule has 2 aromatic rings. The first-order chi connectivity index (χ1) is 19.3. The summed E-state index contributed by atoms with van der Waals surface area (Å²) in [4.78, 5) is 52.0. The van der Waals surface area contributed by atoms with Gasteiger partial charge in [0.1, 0.15) is 11.5 Å². The summed E-state index contributed by atoms with van der Waals surface area (Å²) in [6.07, 6.45) is 1.57. The van der Waals surface area contributed by atoms with Gasteiger partial charge in [-0.15, -0.1) is 0 Å². The van der Waals surface area contributed by atoms with E-state index in [-0.39, 0.29) is 48.1 Å². The van der Waals surface area contributed by atoms with Crippen LogP contribution in [0.3, 0.4) is 0 Å². The van der Waals surface area contributed by atoms with E-state index in [1.54, 1.807) is 52.6 Å². The van der Waals surface area contributed by atoms with Crippen molar-refractivity contribution in [3.63, 3.8) is 0 Å². The molecule has 11 nitrogen and oxygen atoms in total. The first-order valence-electron chi connectivity index (χ1n) is 13.7. The van der Waals surface area contributed by atoms with Crippen LogP contribution >= 0.6 is 0 Å². The number of pyridine rings is 1. The maximum atomic E-state index is 13.3. The van der Waals surface area contributed by atoms with Gasteiger partial charge in [-0.2, -0.15) is 0 Å². The van der Waals surface area contributed by atoms with Crippen LogP contribution in [0.25, 0.3) is 0 Å². The molecule has 1 aliphatic heterocycles. The van der Waals surface area contributed by atoms with Gasteiger partial charge in [0.05, 0.1) is 11.6 Å². The van der Waals surface area contributed by atoms with Gasteiger partial charge in [0.15, 0.2) is 0 Å². The number of benzene rings is 1. The molecule has 3 rings (SSSR count). The number of amides is 4. The number of hydrogen-bond acceptors (Lipinski definition) is 7. The molecule has 11 heteroatoms. The SMILES string of the molecule is CC(C)N=C1/C(=C(\N)C(=O)NCc2ccc(NC(=O)N(C)C)cc2)C(C)N(c2ccc(C(=O)N(C)C)cn2)CC1C. The number of piperidine rings is 1. The van der Waals surface area contributed by atoms with E-state index >= 15 is 0 Å². The van der Waals surface area contributed by atoms with Crippen molar-refractivity contribution < 1.29 is 14.4 Å². The third-order valence-corrected chi connectivity index (χ3v) is 6.79. The molecule has 2 atom stereocenters. The molecule has 0 spiro atoms. The normalized spacial score (nSPS) is 19.1. The average molecular weight is 563 g/mol. The Kier molecular flexibility index (Phi) is 10.1. The highest BCUT2D eigenvalue weighted by molar-refractivity contribution is 6.11. The van der Waals surface area contributed by atoms with Crippen molar-refractivity contribution in [2.75, 3.05) is 45.0 Å². The molecule has 1 aliphatic rings. The zero-order valence-corrected chi connectivity index (χ0v) is 25.2. The van der Waals surface area contributed by atoms with Gasteiger partial charge in [0, 0.05) is 76.4 Å². The van der Waals surface area contributed by atoms with Crippen LogP contribution in [0.2, 0.25) is 0 Å². The Labute approximate surface area is 242 Å². The fourth-order valence-corrected chi connectivity index (χ4v) is 4.59. The van der Waals surface area contributed by atoms with Gasteiger partial charge in [-0.05, 0) is 50.6 Å². The average Bonchev–Trinajstić information content (AvgIpc) is 2.93. The Hall–Kier alpha value is -4.41. The van der Waals surface area contributed by atoms with Crippen LogP contribution in [0.15, 0.2) is 58.9 Å². The molecule has 0 aliphatic carbocycles. The molecular formula is C30H42N8O3. The largest absolute Gasteiger partial charge is 0.394 e. The highest BCUT2D eigenvalue weighted by Gasteiger charge is 2.36. The Morgan fingerprint density at radius 1 is 1.05 bits per heavy atom. The van der Waals surface area contributed by atoms with Gasteiger partial charge in [0.25, 0.3) is 11.8 Å². The van der Waals surface area contributed by atoms with Crippen molar-refractivity contribution in [3.8, 4) is 0 Å². The van der Waals surface area contributed by atoms with Gasteiger partial charge < -0.3 is 31.1 Å². The molecule has 1 aromatic heterocycles. The van der Waals surface area contributed by atoms with Crippen molar-refractivity contribution in [1.82, 2.24) is 20.1 Å². The Balaban J connectivity index is 1.84. The molecule has 4 amide bonds. The van der Waals surface area contributed by atoms with E-state index in [9.17, 15) is 14.4 Å². The van der Waals surface area contributed by atoms with Crippen LogP contribution in [-0.2, 0) is 11.3 Å². The second-order valence-corrected chi connectivity index (χ2v) is 11.0. The lowest BCUT2D eigenvalue weighted by Gasteiger charge is -2.41. The number of urea groups is 1. The first-order valence-corrected chi connectivity index (χ1v) is 13.7. The Morgan fingerprint density at radius 3 is 2.24 bits per heavy atom. The van der Waals surface area contributed by atoms with E-state index in [1.165, 1.54) is 9.80 Å². The topological polar surface area (TPSA) is 136 Å². The third-order valence-electron chi connectivity index (χ3n) is 6.79. The standard InChI is InChI=1S/C30H42N8O3/c1-18(2)34-27-19(3)17-38(24-14-11-22(16-32-24)29(40)36(5)6)20(4)25(27)26(31)28(39)33-15-21-9-12-23(13-10-21)35-30(41)37(7)8/h9-14,16,18-20H,15,17,31H2,1-8H3,(H,33,39)(H,35,41)/b26-25-,34-27?. The highest BCUT2D eigenvalue weighted by atomic mass is 16.2. The maximum absolute atomic E-state index is 13.3. The van der Waals surface area contributed by atoms with Crippen molar-refractivity contribution in [3.05, 3.63) is 65.0 Å². The fraction of sp³-hybridized carbons (Fsp3) is 0.433. The number of aliphatic imine (C=N–C) groups is 1. The number of nitrogens with zero attached hydrogens (tertiary/aromatic N) is 5. The van der Waals surface area contributed by atoms with Gasteiger partial charge >= 0.3 is 6.03 Å². The molecular weight excluding hydrogens is 520 g/mol. The molecule has 2 heterocycles. The van der Waals surface area contributed by atoms with E-state index in [0.717, 1.165) is 11.3 Å². The van der Waals surface area contributed by atoms with Crippen LogP contribution < -0.4 is 21.3 Å². The van der Waals surface area contributed by atoms with Gasteiger partial charge in [-0.25, -0.2) is 9.78 Å². The van der Waals surface area contributed by atoms with E-state index in [1.807, 2.05) is 39.0 Å². The van der Waals surface area contributed by atoms with E-state index in [4.69, 9.17) is 10.7 Å². The predicted octanol–water partition coefficient (Wildman–Crippen LogP) is 3.10. The number of carbonyl (C=O) groups excluding carboxylic acids is 3. The van der Waals surface area contributed by atoms with Crippen LogP contribution in [0, 0.1) is 5.92 Å². The number of rotatable bonds is 7. The van der Waals surface area contributed by atoms with Crippen LogP contribution in [0.4, 0.5) is 16.3 Å². The summed E-state index contributed by atoms with van der Waals surface area (Å²) in [5, 5.41) is 5.71. The lowest BCUT2D eigenvalue weighted by Crippen LogP contribution is -2.50. The lowest BCUT2D eigenvalue weighted by molar-refractivity contribution is -0.117. The van der Waals surface area contributed by atoms with E-state index < -0.39 is 0 Å². The molecule has 4 N–H and O–H groups in total. The third kappa shape index (κ3) is 7.62. The van der Waals surface area contributed by atoms with E-state index in [0.29, 0.717) is 29.2 Å². The lowest BCUT2D eigenvalue weighted by atomic mass is 9.85. The maximum Gasteiger partial charge on any atom is 0.321 e. The van der Waals surface area contributed by atoms with Crippen LogP contribution in [0.1, 0.15) is 43.6 Å². The summed E-state index contributed by atoms with van der Waals surface area (Å²) in [7, 11) is 6.74. The van der Waals surface area contributed by atoms with E-state index in [2.05, 4.69) is 27.4 Å². The van der Waals surface area contributed by atoms with Gasteiger partial charge in [-0.3, -0.25) is 14.6 Å². The zero-order chi connectivity index (χ0) is 30.4. The second kappa shape index (κ2) is 13.3. The van der Waals surface area contributed by atoms with Gasteiger partial charge in [-0.1, -0.05) is 19.1 Å². The monoisotopic (exact) mass is 562 g/mol. The molecule has 1 aromatic carbocycles. The molecule has 1 saturated heterocycles. The highest BCUT2D eigenvalue weighted by Crippen LogP contribution is 2.30. The van der Waals surface area contributed by atoms with Crippen LogP contribution in [0.5, 0.6) is 0 Å². The summed E-state index contributed by atoms with van der Waals surface area (Å²) in [6, 6.07) is 10.3. The molecule has 0 radical (unpaired) electrons. The van der Waals surface area contributed by atoms with Crippen molar-refractivity contribution in [2.24, 2.45) is 16.6 Å². The predicted molar refractivity (Wildman–Crippen MR) is 163 cm³/mol. The number of nitrogens with two attached hydrogens (primary N) is 1. The summed E-state index contributed by atoms with van der Waals surface area (Å²) in [6.45, 7) is 8.94. The smallest absolute Gasteiger partial charge is 0.321 e. The minimum Gasteiger partial charge on any atom is -0.394 e. The first kappa shape index (κ1) is 31.1. The molecule has 2 unspecified atom stereocenters. The van der Waals surface area contributed by atoms with Crippen molar-refractivity contribution >= 4 is 35.1 Å².